The molecule has 2 aliphatic rings. The molecule has 1 heterocycles. The van der Waals surface area contributed by atoms with Crippen molar-refractivity contribution in [3.05, 3.63) is 35.4 Å². The first kappa shape index (κ1) is 15.2. The van der Waals surface area contributed by atoms with Gasteiger partial charge in [-0.15, -0.1) is 12.4 Å². The van der Waals surface area contributed by atoms with Crippen LogP contribution in [0.25, 0.3) is 0 Å². The standard InChI is InChI=1S/C14H16F2N2O.ClH/c15-12-2-1-9(7-13(12)16)10-8-11(10)14(19)18-5-3-17-4-6-18;/h1-2,7,10-11,17H,3-6,8H2;1H. The van der Waals surface area contributed by atoms with Crippen LogP contribution in [0.3, 0.4) is 0 Å². The van der Waals surface area contributed by atoms with Crippen LogP contribution < -0.4 is 5.32 Å². The van der Waals surface area contributed by atoms with Crippen molar-refractivity contribution in [3.63, 3.8) is 0 Å². The molecule has 0 aromatic heterocycles. The van der Waals surface area contributed by atoms with Crippen LogP contribution in [0.4, 0.5) is 8.78 Å². The number of amides is 1. The van der Waals surface area contributed by atoms with Crippen LogP contribution >= 0.6 is 12.4 Å². The summed E-state index contributed by atoms with van der Waals surface area (Å²) >= 11 is 0. The number of benzene rings is 1. The van der Waals surface area contributed by atoms with Crippen LogP contribution in [-0.2, 0) is 4.79 Å². The van der Waals surface area contributed by atoms with Crippen LogP contribution in [0.2, 0.25) is 0 Å². The summed E-state index contributed by atoms with van der Waals surface area (Å²) in [5.41, 5.74) is 0.729. The smallest absolute Gasteiger partial charge is 0.226 e. The first-order valence-electron chi connectivity index (χ1n) is 6.61. The van der Waals surface area contributed by atoms with E-state index in [1.54, 1.807) is 6.07 Å². The van der Waals surface area contributed by atoms with E-state index in [2.05, 4.69) is 5.32 Å². The Labute approximate surface area is 122 Å². The molecule has 1 aliphatic heterocycles. The molecule has 1 saturated carbocycles. The van der Waals surface area contributed by atoms with Crippen molar-refractivity contribution in [3.8, 4) is 0 Å². The van der Waals surface area contributed by atoms with Gasteiger partial charge in [0.25, 0.3) is 0 Å². The first-order chi connectivity index (χ1) is 9.16. The SMILES string of the molecule is Cl.O=C(C1CC1c1ccc(F)c(F)c1)N1CCNCC1. The van der Waals surface area contributed by atoms with E-state index in [0.717, 1.165) is 44.2 Å². The molecule has 20 heavy (non-hydrogen) atoms. The number of halogens is 3. The highest BCUT2D eigenvalue weighted by atomic mass is 35.5. The minimum Gasteiger partial charge on any atom is -0.340 e. The first-order valence-corrected chi connectivity index (χ1v) is 6.61. The lowest BCUT2D eigenvalue weighted by atomic mass is 10.1. The van der Waals surface area contributed by atoms with Crippen molar-refractivity contribution in [1.82, 2.24) is 10.2 Å². The zero-order chi connectivity index (χ0) is 13.4. The zero-order valence-corrected chi connectivity index (χ0v) is 11.8. The van der Waals surface area contributed by atoms with Crippen molar-refractivity contribution in [2.75, 3.05) is 26.2 Å². The number of hydrogen-bond donors (Lipinski definition) is 1. The second-order valence-corrected chi connectivity index (χ2v) is 5.20. The lowest BCUT2D eigenvalue weighted by molar-refractivity contribution is -0.133. The number of piperazine rings is 1. The van der Waals surface area contributed by atoms with Crippen LogP contribution in [0.1, 0.15) is 17.9 Å². The van der Waals surface area contributed by atoms with Gasteiger partial charge in [0.2, 0.25) is 5.91 Å². The summed E-state index contributed by atoms with van der Waals surface area (Å²) in [4.78, 5) is 14.1. The van der Waals surface area contributed by atoms with Gasteiger partial charge in [-0.3, -0.25) is 4.79 Å². The molecule has 110 valence electrons. The van der Waals surface area contributed by atoms with Crippen molar-refractivity contribution < 1.29 is 13.6 Å². The van der Waals surface area contributed by atoms with E-state index in [1.807, 2.05) is 4.90 Å². The van der Waals surface area contributed by atoms with Crippen LogP contribution in [0.5, 0.6) is 0 Å². The molecule has 2 fully saturated rings. The van der Waals surface area contributed by atoms with Crippen molar-refractivity contribution >= 4 is 18.3 Å². The molecule has 1 aromatic rings. The molecule has 0 radical (unpaired) electrons. The third-order valence-electron chi connectivity index (χ3n) is 3.91. The quantitative estimate of drug-likeness (QED) is 0.905. The fraction of sp³-hybridized carbons (Fsp3) is 0.500. The lowest BCUT2D eigenvalue weighted by Crippen LogP contribution is -2.47. The molecule has 1 saturated heterocycles. The molecular weight excluding hydrogens is 286 g/mol. The summed E-state index contributed by atoms with van der Waals surface area (Å²) in [6.45, 7) is 3.13. The normalized spacial score (nSPS) is 25.0. The number of hydrogen-bond acceptors (Lipinski definition) is 2. The molecule has 3 nitrogen and oxygen atoms in total. The topological polar surface area (TPSA) is 32.3 Å². The number of nitrogens with zero attached hydrogens (tertiary/aromatic N) is 1. The average Bonchev–Trinajstić information content (AvgIpc) is 3.22. The second-order valence-electron chi connectivity index (χ2n) is 5.20. The highest BCUT2D eigenvalue weighted by Crippen LogP contribution is 2.48. The van der Waals surface area contributed by atoms with Crippen molar-refractivity contribution in [1.29, 1.82) is 0 Å². The Kier molecular flexibility index (Phi) is 4.60. The molecule has 6 heteroatoms. The fourth-order valence-electron chi connectivity index (χ4n) is 2.70. The van der Waals surface area contributed by atoms with Crippen LogP contribution in [-0.4, -0.2) is 37.0 Å². The van der Waals surface area contributed by atoms with E-state index in [1.165, 1.54) is 6.07 Å². The fourth-order valence-corrected chi connectivity index (χ4v) is 2.70. The van der Waals surface area contributed by atoms with E-state index in [9.17, 15) is 13.6 Å². The summed E-state index contributed by atoms with van der Waals surface area (Å²) in [6, 6.07) is 3.93. The maximum absolute atomic E-state index is 13.2. The number of nitrogens with one attached hydrogen (secondary N) is 1. The molecule has 1 N–H and O–H groups in total. The highest BCUT2D eigenvalue weighted by molar-refractivity contribution is 5.85. The van der Waals surface area contributed by atoms with Gasteiger partial charge in [-0.05, 0) is 30.0 Å². The molecular formula is C14H17ClF2N2O. The van der Waals surface area contributed by atoms with Gasteiger partial charge in [-0.2, -0.15) is 0 Å². The number of carbonyl (C=O) groups excluding carboxylic acids is 1. The molecule has 0 bridgehead atoms. The summed E-state index contributed by atoms with van der Waals surface area (Å²) in [6.07, 6.45) is 0.744. The van der Waals surface area contributed by atoms with Gasteiger partial charge in [0, 0.05) is 32.1 Å². The van der Waals surface area contributed by atoms with Gasteiger partial charge in [-0.25, -0.2) is 8.78 Å². The van der Waals surface area contributed by atoms with Gasteiger partial charge >= 0.3 is 0 Å². The molecule has 1 aromatic carbocycles. The van der Waals surface area contributed by atoms with Crippen molar-refractivity contribution in [2.24, 2.45) is 5.92 Å². The predicted octanol–water partition coefficient (Wildman–Crippen LogP) is 1.92. The van der Waals surface area contributed by atoms with E-state index >= 15 is 0 Å². The van der Waals surface area contributed by atoms with E-state index in [-0.39, 0.29) is 30.2 Å². The molecule has 1 amide bonds. The number of rotatable bonds is 2. The Morgan fingerprint density at radius 3 is 2.55 bits per heavy atom. The third kappa shape index (κ3) is 2.94. The van der Waals surface area contributed by atoms with Gasteiger partial charge in [-0.1, -0.05) is 6.07 Å². The Morgan fingerprint density at radius 2 is 1.90 bits per heavy atom. The summed E-state index contributed by atoms with van der Waals surface area (Å²) < 4.78 is 26.0. The molecule has 2 unspecified atom stereocenters. The summed E-state index contributed by atoms with van der Waals surface area (Å²) in [7, 11) is 0. The Bertz CT molecular complexity index is 506. The Hall–Kier alpha value is -1.20. The van der Waals surface area contributed by atoms with Crippen LogP contribution in [0.15, 0.2) is 18.2 Å². The monoisotopic (exact) mass is 302 g/mol. The largest absolute Gasteiger partial charge is 0.340 e. The Balaban J connectivity index is 0.00000147. The predicted molar refractivity (Wildman–Crippen MR) is 73.9 cm³/mol. The van der Waals surface area contributed by atoms with Gasteiger partial charge in [0.05, 0.1) is 0 Å². The van der Waals surface area contributed by atoms with E-state index in [0.29, 0.717) is 0 Å². The Morgan fingerprint density at radius 1 is 1.20 bits per heavy atom. The lowest BCUT2D eigenvalue weighted by Gasteiger charge is -2.27. The zero-order valence-electron chi connectivity index (χ0n) is 10.9. The average molecular weight is 303 g/mol. The number of carbonyl (C=O) groups is 1. The minimum absolute atomic E-state index is 0. The third-order valence-corrected chi connectivity index (χ3v) is 3.91. The maximum atomic E-state index is 13.2. The minimum atomic E-state index is -0.839. The summed E-state index contributed by atoms with van der Waals surface area (Å²) in [5, 5.41) is 3.20. The van der Waals surface area contributed by atoms with Gasteiger partial charge in [0.1, 0.15) is 0 Å². The second kappa shape index (κ2) is 6.06. The summed E-state index contributed by atoms with van der Waals surface area (Å²) in [5.74, 6) is -1.52. The molecule has 3 rings (SSSR count). The molecule has 2 atom stereocenters. The van der Waals surface area contributed by atoms with Gasteiger partial charge in [0.15, 0.2) is 11.6 Å². The highest BCUT2D eigenvalue weighted by Gasteiger charge is 2.46. The van der Waals surface area contributed by atoms with E-state index in [4.69, 9.17) is 0 Å². The molecule has 0 spiro atoms. The van der Waals surface area contributed by atoms with Crippen molar-refractivity contribution in [2.45, 2.75) is 12.3 Å². The van der Waals surface area contributed by atoms with Crippen LogP contribution in [0, 0.1) is 17.6 Å². The maximum Gasteiger partial charge on any atom is 0.226 e. The van der Waals surface area contributed by atoms with Gasteiger partial charge < -0.3 is 10.2 Å². The van der Waals surface area contributed by atoms with E-state index < -0.39 is 11.6 Å². The molecule has 1 aliphatic carbocycles.